The van der Waals surface area contributed by atoms with Gasteiger partial charge < -0.3 is 9.67 Å². The maximum Gasteiger partial charge on any atom is 0.313 e. The van der Waals surface area contributed by atoms with Gasteiger partial charge in [0.15, 0.2) is 5.16 Å². The van der Waals surface area contributed by atoms with Crippen LogP contribution in [0.4, 0.5) is 0 Å². The highest BCUT2D eigenvalue weighted by atomic mass is 32.2. The average molecular weight is 271 g/mol. The van der Waals surface area contributed by atoms with Crippen molar-refractivity contribution in [2.75, 3.05) is 5.75 Å². The number of aromatic nitrogens is 3. The smallest absolute Gasteiger partial charge is 0.313 e. The molecule has 1 unspecified atom stereocenters. The molecule has 0 spiro atoms. The van der Waals surface area contributed by atoms with Crippen molar-refractivity contribution in [3.63, 3.8) is 0 Å². The Balaban J connectivity index is 2.49. The van der Waals surface area contributed by atoms with E-state index < -0.39 is 5.97 Å². The van der Waals surface area contributed by atoms with Crippen molar-refractivity contribution in [3.8, 4) is 0 Å². The van der Waals surface area contributed by atoms with Gasteiger partial charge in [-0.2, -0.15) is 0 Å². The van der Waals surface area contributed by atoms with Gasteiger partial charge in [0.1, 0.15) is 6.33 Å². The van der Waals surface area contributed by atoms with E-state index in [2.05, 4.69) is 31.0 Å². The van der Waals surface area contributed by atoms with Crippen molar-refractivity contribution < 1.29 is 9.90 Å². The summed E-state index contributed by atoms with van der Waals surface area (Å²) >= 11 is 1.22. The van der Waals surface area contributed by atoms with Crippen LogP contribution in [0.3, 0.4) is 0 Å². The number of thioether (sulfide) groups is 1. The highest BCUT2D eigenvalue weighted by Gasteiger charge is 2.12. The fraction of sp³-hybridized carbons (Fsp3) is 0.750. The lowest BCUT2D eigenvalue weighted by atomic mass is 10.0. The summed E-state index contributed by atoms with van der Waals surface area (Å²) in [6, 6.07) is 0.315. The third-order valence-electron chi connectivity index (χ3n) is 2.74. The minimum Gasteiger partial charge on any atom is -0.481 e. The second-order valence-electron chi connectivity index (χ2n) is 4.88. The molecule has 0 fully saturated rings. The number of carboxylic acid groups (broad SMARTS) is 1. The van der Waals surface area contributed by atoms with E-state index in [0.29, 0.717) is 11.2 Å². The molecule has 18 heavy (non-hydrogen) atoms. The molecule has 1 heterocycles. The molecular formula is C12H21N3O2S. The number of rotatable bonds is 8. The van der Waals surface area contributed by atoms with Crippen LogP contribution >= 0.6 is 11.8 Å². The molecule has 0 amide bonds. The van der Waals surface area contributed by atoms with Crippen molar-refractivity contribution in [2.24, 2.45) is 5.92 Å². The molecule has 0 aromatic carbocycles. The van der Waals surface area contributed by atoms with Crippen LogP contribution in [0.2, 0.25) is 0 Å². The van der Waals surface area contributed by atoms with Gasteiger partial charge in [0.05, 0.1) is 5.75 Å². The monoisotopic (exact) mass is 271 g/mol. The third-order valence-corrected chi connectivity index (χ3v) is 3.69. The zero-order valence-electron chi connectivity index (χ0n) is 11.2. The zero-order valence-corrected chi connectivity index (χ0v) is 12.0. The number of hydrogen-bond donors (Lipinski definition) is 1. The van der Waals surface area contributed by atoms with Crippen LogP contribution in [0.25, 0.3) is 0 Å². The Morgan fingerprint density at radius 1 is 1.44 bits per heavy atom. The maximum atomic E-state index is 10.5. The van der Waals surface area contributed by atoms with Crippen molar-refractivity contribution in [2.45, 2.75) is 51.2 Å². The molecule has 0 saturated heterocycles. The molecule has 5 nitrogen and oxygen atoms in total. The first-order valence-electron chi connectivity index (χ1n) is 6.24. The van der Waals surface area contributed by atoms with E-state index in [4.69, 9.17) is 5.11 Å². The SMILES string of the molecule is CC(C)CCCC(C)n1cnnc1SCC(=O)O. The molecule has 1 aromatic heterocycles. The van der Waals surface area contributed by atoms with Gasteiger partial charge in [-0.1, -0.05) is 38.5 Å². The summed E-state index contributed by atoms with van der Waals surface area (Å²) in [7, 11) is 0. The largest absolute Gasteiger partial charge is 0.481 e. The first-order valence-corrected chi connectivity index (χ1v) is 7.23. The quantitative estimate of drug-likeness (QED) is 0.736. The minimum absolute atomic E-state index is 0.0252. The lowest BCUT2D eigenvalue weighted by molar-refractivity contribution is -0.133. The molecule has 0 radical (unpaired) electrons. The topological polar surface area (TPSA) is 68.0 Å². The van der Waals surface area contributed by atoms with Gasteiger partial charge >= 0.3 is 5.97 Å². The van der Waals surface area contributed by atoms with Gasteiger partial charge in [0, 0.05) is 6.04 Å². The van der Waals surface area contributed by atoms with E-state index in [-0.39, 0.29) is 5.75 Å². The Kier molecular flexibility index (Phi) is 6.18. The first kappa shape index (κ1) is 15.0. The standard InChI is InChI=1S/C12H21N3O2S/c1-9(2)5-4-6-10(3)15-8-13-14-12(15)18-7-11(16)17/h8-10H,4-7H2,1-3H3,(H,16,17). The lowest BCUT2D eigenvalue weighted by Crippen LogP contribution is -2.07. The fourth-order valence-electron chi connectivity index (χ4n) is 1.72. The molecule has 1 N–H and O–H groups in total. The Hall–Kier alpha value is -1.04. The van der Waals surface area contributed by atoms with E-state index in [1.165, 1.54) is 24.6 Å². The van der Waals surface area contributed by atoms with E-state index in [1.54, 1.807) is 6.33 Å². The summed E-state index contributed by atoms with van der Waals surface area (Å²) in [5, 5.41) is 17.2. The summed E-state index contributed by atoms with van der Waals surface area (Å²) in [6.45, 7) is 6.56. The highest BCUT2D eigenvalue weighted by molar-refractivity contribution is 7.99. The molecule has 0 aliphatic heterocycles. The van der Waals surface area contributed by atoms with Crippen LogP contribution in [-0.2, 0) is 4.79 Å². The first-order chi connectivity index (χ1) is 8.50. The fourth-order valence-corrected chi connectivity index (χ4v) is 2.46. The van der Waals surface area contributed by atoms with Gasteiger partial charge in [0.2, 0.25) is 0 Å². The summed E-state index contributed by atoms with van der Waals surface area (Å²) in [4.78, 5) is 10.5. The molecule has 0 aliphatic carbocycles. The maximum absolute atomic E-state index is 10.5. The lowest BCUT2D eigenvalue weighted by Gasteiger charge is -2.15. The molecular weight excluding hydrogens is 250 g/mol. The molecule has 6 heteroatoms. The Morgan fingerprint density at radius 2 is 2.17 bits per heavy atom. The second-order valence-corrected chi connectivity index (χ2v) is 5.82. The molecule has 0 saturated carbocycles. The third kappa shape index (κ3) is 5.08. The van der Waals surface area contributed by atoms with E-state index in [1.807, 2.05) is 4.57 Å². The van der Waals surface area contributed by atoms with Crippen LogP contribution in [0.15, 0.2) is 11.5 Å². The zero-order chi connectivity index (χ0) is 13.5. The molecule has 1 rings (SSSR count). The van der Waals surface area contributed by atoms with Crippen LogP contribution in [0.1, 0.15) is 46.1 Å². The van der Waals surface area contributed by atoms with E-state index in [9.17, 15) is 4.79 Å². The summed E-state index contributed by atoms with van der Waals surface area (Å²) < 4.78 is 1.97. The Morgan fingerprint density at radius 3 is 2.78 bits per heavy atom. The molecule has 102 valence electrons. The van der Waals surface area contributed by atoms with Gasteiger partial charge in [-0.05, 0) is 19.3 Å². The van der Waals surface area contributed by atoms with Gasteiger partial charge in [-0.25, -0.2) is 0 Å². The van der Waals surface area contributed by atoms with Crippen LogP contribution in [-0.4, -0.2) is 31.6 Å². The number of carboxylic acids is 1. The summed E-state index contributed by atoms with van der Waals surface area (Å²) in [5.74, 6) is -0.0850. The number of aliphatic carboxylic acids is 1. The van der Waals surface area contributed by atoms with Crippen molar-refractivity contribution in [3.05, 3.63) is 6.33 Å². The second kappa shape index (κ2) is 7.41. The van der Waals surface area contributed by atoms with Gasteiger partial charge in [-0.3, -0.25) is 4.79 Å². The Labute approximate surface area is 112 Å². The normalized spacial score (nSPS) is 12.9. The molecule has 1 aromatic rings. The Bertz CT molecular complexity index is 379. The summed E-state index contributed by atoms with van der Waals surface area (Å²) in [6.07, 6.45) is 5.13. The molecule has 0 aliphatic rings. The van der Waals surface area contributed by atoms with E-state index in [0.717, 1.165) is 12.3 Å². The highest BCUT2D eigenvalue weighted by Crippen LogP contribution is 2.23. The van der Waals surface area contributed by atoms with Gasteiger partial charge in [0.25, 0.3) is 0 Å². The average Bonchev–Trinajstić information content (AvgIpc) is 2.73. The predicted octanol–water partition coefficient (Wildman–Crippen LogP) is 2.84. The van der Waals surface area contributed by atoms with Crippen LogP contribution in [0.5, 0.6) is 0 Å². The van der Waals surface area contributed by atoms with Gasteiger partial charge in [-0.15, -0.1) is 10.2 Å². The number of nitrogens with zero attached hydrogens (tertiary/aromatic N) is 3. The number of hydrogen-bond acceptors (Lipinski definition) is 4. The molecule has 1 atom stereocenters. The summed E-state index contributed by atoms with van der Waals surface area (Å²) in [5.41, 5.74) is 0. The molecule has 0 bridgehead atoms. The van der Waals surface area contributed by atoms with Crippen molar-refractivity contribution >= 4 is 17.7 Å². The number of carbonyl (C=O) groups is 1. The van der Waals surface area contributed by atoms with E-state index >= 15 is 0 Å². The van der Waals surface area contributed by atoms with Crippen molar-refractivity contribution in [1.82, 2.24) is 14.8 Å². The van der Waals surface area contributed by atoms with Crippen molar-refractivity contribution in [1.29, 1.82) is 0 Å². The van der Waals surface area contributed by atoms with Crippen LogP contribution in [0, 0.1) is 5.92 Å². The van der Waals surface area contributed by atoms with Crippen LogP contribution < -0.4 is 0 Å². The minimum atomic E-state index is -0.831. The predicted molar refractivity (Wildman–Crippen MR) is 71.8 cm³/mol.